The molecule has 0 saturated carbocycles. The fraction of sp³-hybridized carbons (Fsp3) is 0.143. The van der Waals surface area contributed by atoms with Crippen molar-refractivity contribution >= 4 is 23.2 Å². The Balaban J connectivity index is 1.66. The Morgan fingerprint density at radius 1 is 1.36 bits per heavy atom. The predicted octanol–water partition coefficient (Wildman–Crippen LogP) is 2.11. The largest absolute Gasteiger partial charge is 0.497 e. The van der Waals surface area contributed by atoms with Gasteiger partial charge in [0.2, 0.25) is 5.95 Å². The average Bonchev–Trinajstić information content (AvgIpc) is 3.20. The molecule has 1 aromatic carbocycles. The summed E-state index contributed by atoms with van der Waals surface area (Å²) in [6.45, 7) is 0. The highest BCUT2D eigenvalue weighted by atomic mass is 32.1. The lowest BCUT2D eigenvalue weighted by molar-refractivity contribution is 0.102. The quantitative estimate of drug-likeness (QED) is 0.752. The monoisotopic (exact) mass is 315 g/mol. The van der Waals surface area contributed by atoms with E-state index in [0.717, 1.165) is 16.3 Å². The predicted molar refractivity (Wildman–Crippen MR) is 82.2 cm³/mol. The molecule has 2 heterocycles. The number of anilines is 1. The summed E-state index contributed by atoms with van der Waals surface area (Å²) in [5.74, 6) is 0.804. The number of hydrogen-bond donors (Lipinski definition) is 2. The number of amides is 1. The number of benzene rings is 1. The second-order valence-electron chi connectivity index (χ2n) is 4.44. The summed E-state index contributed by atoms with van der Waals surface area (Å²) in [5, 5.41) is 11.4. The second-order valence-corrected chi connectivity index (χ2v) is 5.38. The van der Waals surface area contributed by atoms with Gasteiger partial charge in [-0.25, -0.2) is 10.1 Å². The third kappa shape index (κ3) is 3.29. The number of nitrogens with zero attached hydrogens (tertiary/aromatic N) is 3. The SMILES string of the molecule is COc1ccc(Cc2nc(C(=O)Nc3ncn[nH]3)cs2)cc1. The van der Waals surface area contributed by atoms with E-state index < -0.39 is 0 Å². The normalized spacial score (nSPS) is 10.4. The lowest BCUT2D eigenvalue weighted by Gasteiger charge is -2.01. The van der Waals surface area contributed by atoms with E-state index >= 15 is 0 Å². The summed E-state index contributed by atoms with van der Waals surface area (Å²) in [6, 6.07) is 7.77. The van der Waals surface area contributed by atoms with Crippen molar-refractivity contribution < 1.29 is 9.53 Å². The smallest absolute Gasteiger partial charge is 0.277 e. The zero-order chi connectivity index (χ0) is 15.4. The molecule has 22 heavy (non-hydrogen) atoms. The Hall–Kier alpha value is -2.74. The Kier molecular flexibility index (Phi) is 4.10. The van der Waals surface area contributed by atoms with Gasteiger partial charge in [-0.3, -0.25) is 10.1 Å². The maximum atomic E-state index is 12.0. The van der Waals surface area contributed by atoms with Gasteiger partial charge in [-0.15, -0.1) is 11.3 Å². The van der Waals surface area contributed by atoms with Gasteiger partial charge in [-0.1, -0.05) is 12.1 Å². The Morgan fingerprint density at radius 2 is 2.18 bits per heavy atom. The number of methoxy groups -OCH3 is 1. The first-order chi connectivity index (χ1) is 10.7. The molecule has 0 spiro atoms. The van der Waals surface area contributed by atoms with E-state index in [1.165, 1.54) is 17.7 Å². The Labute approximate surface area is 130 Å². The maximum absolute atomic E-state index is 12.0. The lowest BCUT2D eigenvalue weighted by atomic mass is 10.1. The van der Waals surface area contributed by atoms with Gasteiger partial charge in [0.1, 0.15) is 17.8 Å². The third-order valence-electron chi connectivity index (χ3n) is 2.95. The first kappa shape index (κ1) is 14.2. The number of carbonyl (C=O) groups is 1. The molecule has 112 valence electrons. The molecular weight excluding hydrogens is 302 g/mol. The summed E-state index contributed by atoms with van der Waals surface area (Å²) in [7, 11) is 1.63. The van der Waals surface area contributed by atoms with Crippen LogP contribution in [0.3, 0.4) is 0 Å². The lowest BCUT2D eigenvalue weighted by Crippen LogP contribution is -2.13. The van der Waals surface area contributed by atoms with Crippen LogP contribution < -0.4 is 10.1 Å². The molecule has 0 saturated heterocycles. The number of carbonyl (C=O) groups excluding carboxylic acids is 1. The van der Waals surface area contributed by atoms with Crippen molar-refractivity contribution in [2.75, 3.05) is 12.4 Å². The minimum atomic E-state index is -0.311. The third-order valence-corrected chi connectivity index (χ3v) is 3.79. The molecule has 0 fully saturated rings. The zero-order valence-corrected chi connectivity index (χ0v) is 12.6. The van der Waals surface area contributed by atoms with Crippen LogP contribution in [0.5, 0.6) is 5.75 Å². The molecular formula is C14H13N5O2S. The van der Waals surface area contributed by atoms with E-state index in [1.807, 2.05) is 24.3 Å². The van der Waals surface area contributed by atoms with Crippen LogP contribution in [0.4, 0.5) is 5.95 Å². The summed E-state index contributed by atoms with van der Waals surface area (Å²) in [5.41, 5.74) is 1.47. The van der Waals surface area contributed by atoms with E-state index in [0.29, 0.717) is 18.1 Å². The van der Waals surface area contributed by atoms with Gasteiger partial charge in [0.15, 0.2) is 0 Å². The molecule has 7 nitrogen and oxygen atoms in total. The number of thiazole rings is 1. The number of aromatic amines is 1. The average molecular weight is 315 g/mol. The molecule has 0 aliphatic rings. The summed E-state index contributed by atoms with van der Waals surface area (Å²) in [4.78, 5) is 20.2. The highest BCUT2D eigenvalue weighted by Gasteiger charge is 2.12. The van der Waals surface area contributed by atoms with Crippen molar-refractivity contribution in [1.82, 2.24) is 20.2 Å². The van der Waals surface area contributed by atoms with Crippen LogP contribution in [0.25, 0.3) is 0 Å². The fourth-order valence-corrected chi connectivity index (χ4v) is 2.66. The Bertz CT molecular complexity index is 752. The van der Waals surface area contributed by atoms with Crippen LogP contribution >= 0.6 is 11.3 Å². The first-order valence-electron chi connectivity index (χ1n) is 6.48. The number of rotatable bonds is 5. The van der Waals surface area contributed by atoms with E-state index in [4.69, 9.17) is 4.74 Å². The molecule has 2 aromatic heterocycles. The van der Waals surface area contributed by atoms with Crippen LogP contribution in [-0.2, 0) is 6.42 Å². The van der Waals surface area contributed by atoms with Crippen LogP contribution in [0.1, 0.15) is 21.1 Å². The number of hydrogen-bond acceptors (Lipinski definition) is 6. The molecule has 8 heteroatoms. The van der Waals surface area contributed by atoms with Crippen LogP contribution in [-0.4, -0.2) is 33.2 Å². The molecule has 0 bridgehead atoms. The number of H-pyrrole nitrogens is 1. The molecule has 3 rings (SSSR count). The van der Waals surface area contributed by atoms with Gasteiger partial charge in [0.05, 0.1) is 12.1 Å². The molecule has 0 radical (unpaired) electrons. The van der Waals surface area contributed by atoms with Gasteiger partial charge in [-0.05, 0) is 17.7 Å². The summed E-state index contributed by atoms with van der Waals surface area (Å²) in [6.07, 6.45) is 2.00. The molecule has 0 aliphatic heterocycles. The molecule has 2 N–H and O–H groups in total. The summed E-state index contributed by atoms with van der Waals surface area (Å²) >= 11 is 1.45. The van der Waals surface area contributed by atoms with Gasteiger partial charge in [0.25, 0.3) is 5.91 Å². The molecule has 0 atom stereocenters. The van der Waals surface area contributed by atoms with Gasteiger partial charge in [0, 0.05) is 11.8 Å². The van der Waals surface area contributed by atoms with Gasteiger partial charge >= 0.3 is 0 Å². The van der Waals surface area contributed by atoms with Crippen molar-refractivity contribution in [2.24, 2.45) is 0 Å². The fourth-order valence-electron chi connectivity index (χ4n) is 1.85. The molecule has 3 aromatic rings. The minimum Gasteiger partial charge on any atom is -0.497 e. The highest BCUT2D eigenvalue weighted by molar-refractivity contribution is 7.09. The van der Waals surface area contributed by atoms with Crippen LogP contribution in [0.2, 0.25) is 0 Å². The van der Waals surface area contributed by atoms with E-state index in [-0.39, 0.29) is 5.91 Å². The zero-order valence-electron chi connectivity index (χ0n) is 11.7. The van der Waals surface area contributed by atoms with E-state index in [2.05, 4.69) is 25.5 Å². The maximum Gasteiger partial charge on any atom is 0.277 e. The first-order valence-corrected chi connectivity index (χ1v) is 7.36. The van der Waals surface area contributed by atoms with E-state index in [1.54, 1.807) is 12.5 Å². The van der Waals surface area contributed by atoms with Crippen molar-refractivity contribution in [3.8, 4) is 5.75 Å². The van der Waals surface area contributed by atoms with Crippen LogP contribution in [0, 0.1) is 0 Å². The molecule has 0 aliphatic carbocycles. The van der Waals surface area contributed by atoms with Gasteiger partial charge < -0.3 is 4.74 Å². The highest BCUT2D eigenvalue weighted by Crippen LogP contribution is 2.18. The number of ether oxygens (including phenoxy) is 1. The van der Waals surface area contributed by atoms with Gasteiger partial charge in [-0.2, -0.15) is 10.1 Å². The number of aromatic nitrogens is 4. The second kappa shape index (κ2) is 6.35. The minimum absolute atomic E-state index is 0.301. The Morgan fingerprint density at radius 3 is 2.86 bits per heavy atom. The van der Waals surface area contributed by atoms with Crippen molar-refractivity contribution in [1.29, 1.82) is 0 Å². The molecule has 1 amide bonds. The summed E-state index contributed by atoms with van der Waals surface area (Å²) < 4.78 is 5.12. The number of nitrogens with one attached hydrogen (secondary N) is 2. The molecule has 0 unspecified atom stereocenters. The standard InChI is InChI=1S/C14H13N5O2S/c1-21-10-4-2-9(3-5-10)6-12-17-11(7-22-12)13(20)18-14-15-8-16-19-14/h2-5,7-8H,6H2,1H3,(H2,15,16,18,19,20). The van der Waals surface area contributed by atoms with Crippen LogP contribution in [0.15, 0.2) is 36.0 Å². The van der Waals surface area contributed by atoms with E-state index in [9.17, 15) is 4.79 Å². The van der Waals surface area contributed by atoms with Crippen molar-refractivity contribution in [3.63, 3.8) is 0 Å². The van der Waals surface area contributed by atoms with Crippen molar-refractivity contribution in [2.45, 2.75) is 6.42 Å². The topological polar surface area (TPSA) is 92.8 Å². The van der Waals surface area contributed by atoms with Crippen molar-refractivity contribution in [3.05, 3.63) is 52.2 Å².